The number of hydrogen-bond acceptors (Lipinski definition) is 2. The highest BCUT2D eigenvalue weighted by Gasteiger charge is 2.18. The smallest absolute Gasteiger partial charge is 0.115 e. The van der Waals surface area contributed by atoms with Gasteiger partial charge in [0.25, 0.3) is 0 Å². The molecule has 0 aliphatic rings. The minimum absolute atomic E-state index is 0.424. The second-order valence-corrected chi connectivity index (χ2v) is 5.78. The second-order valence-electron chi connectivity index (χ2n) is 3.67. The van der Waals surface area contributed by atoms with E-state index in [9.17, 15) is 5.11 Å². The molecule has 0 saturated heterocycles. The summed E-state index contributed by atoms with van der Waals surface area (Å²) in [4.78, 5) is 0.725. The molecule has 1 atom stereocenters. The number of benzene rings is 1. The molecule has 1 nitrogen and oxygen atoms in total. The normalized spacial score (nSPS) is 12.8. The molecule has 1 N–H and O–H groups in total. The number of aliphatic hydroxyl groups is 1. The SMILES string of the molecule is Cc1csc(C(O)c2ccc(Cl)c(Cl)c2)c1Cl. The van der Waals surface area contributed by atoms with Crippen LogP contribution in [0.5, 0.6) is 0 Å². The van der Waals surface area contributed by atoms with Crippen LogP contribution in [0.1, 0.15) is 22.1 Å². The molecule has 1 aromatic carbocycles. The van der Waals surface area contributed by atoms with Gasteiger partial charge in [0.15, 0.2) is 0 Å². The number of halogens is 3. The van der Waals surface area contributed by atoms with Crippen molar-refractivity contribution in [2.24, 2.45) is 0 Å². The fourth-order valence-corrected chi connectivity index (χ4v) is 3.08. The van der Waals surface area contributed by atoms with Crippen LogP contribution in [-0.2, 0) is 0 Å². The molecule has 0 fully saturated rings. The van der Waals surface area contributed by atoms with Crippen molar-refractivity contribution in [3.8, 4) is 0 Å². The number of rotatable bonds is 2. The predicted molar refractivity (Wildman–Crippen MR) is 74.6 cm³/mol. The summed E-state index contributed by atoms with van der Waals surface area (Å²) in [5.41, 5.74) is 1.65. The van der Waals surface area contributed by atoms with Gasteiger partial charge in [-0.2, -0.15) is 0 Å². The van der Waals surface area contributed by atoms with E-state index in [0.29, 0.717) is 20.6 Å². The van der Waals surface area contributed by atoms with Crippen molar-refractivity contribution in [3.63, 3.8) is 0 Å². The van der Waals surface area contributed by atoms with Crippen LogP contribution in [-0.4, -0.2) is 5.11 Å². The Bertz CT molecular complexity index is 551. The standard InChI is InChI=1S/C12H9Cl3OS/c1-6-5-17-12(10(6)15)11(16)7-2-3-8(13)9(14)4-7/h2-5,11,16H,1H3. The molecule has 0 aliphatic carbocycles. The van der Waals surface area contributed by atoms with Crippen molar-refractivity contribution in [3.05, 3.63) is 54.7 Å². The Morgan fingerprint density at radius 1 is 1.18 bits per heavy atom. The molecule has 0 saturated carbocycles. The molecule has 0 radical (unpaired) electrons. The van der Waals surface area contributed by atoms with E-state index < -0.39 is 6.10 Å². The fraction of sp³-hybridized carbons (Fsp3) is 0.167. The Balaban J connectivity index is 2.40. The Kier molecular flexibility index (Phi) is 4.01. The van der Waals surface area contributed by atoms with Crippen LogP contribution < -0.4 is 0 Å². The van der Waals surface area contributed by atoms with Gasteiger partial charge in [-0.25, -0.2) is 0 Å². The topological polar surface area (TPSA) is 20.2 Å². The summed E-state index contributed by atoms with van der Waals surface area (Å²) < 4.78 is 0. The minimum Gasteiger partial charge on any atom is -0.383 e. The van der Waals surface area contributed by atoms with E-state index in [-0.39, 0.29) is 0 Å². The summed E-state index contributed by atoms with van der Waals surface area (Å²) in [6.45, 7) is 1.91. The number of hydrogen-bond donors (Lipinski definition) is 1. The Labute approximate surface area is 119 Å². The monoisotopic (exact) mass is 306 g/mol. The second kappa shape index (κ2) is 5.17. The average Bonchev–Trinajstić information content (AvgIpc) is 2.63. The van der Waals surface area contributed by atoms with E-state index in [2.05, 4.69) is 0 Å². The van der Waals surface area contributed by atoms with E-state index in [1.54, 1.807) is 18.2 Å². The lowest BCUT2D eigenvalue weighted by Gasteiger charge is -2.10. The van der Waals surface area contributed by atoms with Crippen LogP contribution in [0.4, 0.5) is 0 Å². The summed E-state index contributed by atoms with van der Waals surface area (Å²) in [6.07, 6.45) is -0.768. The Morgan fingerprint density at radius 2 is 1.88 bits per heavy atom. The van der Waals surface area contributed by atoms with Crippen LogP contribution in [0, 0.1) is 6.92 Å². The van der Waals surface area contributed by atoms with Gasteiger partial charge < -0.3 is 5.11 Å². The van der Waals surface area contributed by atoms with Crippen molar-refractivity contribution in [1.29, 1.82) is 0 Å². The van der Waals surface area contributed by atoms with Crippen molar-refractivity contribution in [2.75, 3.05) is 0 Å². The quantitative estimate of drug-likeness (QED) is 0.818. The van der Waals surface area contributed by atoms with E-state index in [0.717, 1.165) is 10.4 Å². The molecular weight excluding hydrogens is 299 g/mol. The van der Waals surface area contributed by atoms with Crippen LogP contribution in [0.3, 0.4) is 0 Å². The largest absolute Gasteiger partial charge is 0.383 e. The highest BCUT2D eigenvalue weighted by atomic mass is 35.5. The van der Waals surface area contributed by atoms with E-state index in [4.69, 9.17) is 34.8 Å². The molecule has 1 heterocycles. The van der Waals surface area contributed by atoms with E-state index >= 15 is 0 Å². The van der Waals surface area contributed by atoms with Gasteiger partial charge in [-0.3, -0.25) is 0 Å². The predicted octanol–water partition coefficient (Wildman–Crippen LogP) is 5.10. The average molecular weight is 308 g/mol. The third-order valence-corrected chi connectivity index (χ3v) is 4.94. The summed E-state index contributed by atoms with van der Waals surface area (Å²) in [6, 6.07) is 5.06. The molecule has 1 unspecified atom stereocenters. The molecule has 17 heavy (non-hydrogen) atoms. The van der Waals surface area contributed by atoms with Crippen molar-refractivity contribution in [1.82, 2.24) is 0 Å². The minimum atomic E-state index is -0.768. The maximum absolute atomic E-state index is 10.2. The van der Waals surface area contributed by atoms with Crippen molar-refractivity contribution in [2.45, 2.75) is 13.0 Å². The Hall–Kier alpha value is -0.250. The molecule has 2 aromatic rings. The van der Waals surface area contributed by atoms with Crippen LogP contribution >= 0.6 is 46.1 Å². The van der Waals surface area contributed by atoms with Gasteiger partial charge in [-0.05, 0) is 35.6 Å². The molecule has 0 bridgehead atoms. The third kappa shape index (κ3) is 2.61. The number of aryl methyl sites for hydroxylation is 1. The van der Waals surface area contributed by atoms with Crippen molar-refractivity contribution < 1.29 is 5.11 Å². The van der Waals surface area contributed by atoms with Crippen LogP contribution in [0.25, 0.3) is 0 Å². The lowest BCUT2D eigenvalue weighted by molar-refractivity contribution is 0.224. The lowest BCUT2D eigenvalue weighted by Crippen LogP contribution is -1.97. The zero-order chi connectivity index (χ0) is 12.6. The molecule has 2 rings (SSSR count). The first-order valence-electron chi connectivity index (χ1n) is 4.87. The van der Waals surface area contributed by atoms with Gasteiger partial charge in [0.05, 0.1) is 19.9 Å². The zero-order valence-electron chi connectivity index (χ0n) is 8.88. The summed E-state index contributed by atoms with van der Waals surface area (Å²) >= 11 is 19.3. The molecule has 90 valence electrons. The lowest BCUT2D eigenvalue weighted by atomic mass is 10.1. The maximum Gasteiger partial charge on any atom is 0.115 e. The van der Waals surface area contributed by atoms with Crippen molar-refractivity contribution >= 4 is 46.1 Å². The molecule has 0 aliphatic heterocycles. The first-order chi connectivity index (χ1) is 8.00. The van der Waals surface area contributed by atoms with Gasteiger partial charge in [0.2, 0.25) is 0 Å². The van der Waals surface area contributed by atoms with E-state index in [1.807, 2.05) is 12.3 Å². The van der Waals surface area contributed by atoms with Gasteiger partial charge in [0.1, 0.15) is 6.10 Å². The summed E-state index contributed by atoms with van der Waals surface area (Å²) in [7, 11) is 0. The molecule has 1 aromatic heterocycles. The molecule has 5 heteroatoms. The maximum atomic E-state index is 10.2. The Morgan fingerprint density at radius 3 is 2.41 bits per heavy atom. The first kappa shape index (κ1) is 13.2. The van der Waals surface area contributed by atoms with Gasteiger partial charge in [0, 0.05) is 0 Å². The fourth-order valence-electron chi connectivity index (χ4n) is 1.47. The third-order valence-electron chi connectivity index (χ3n) is 2.43. The number of aliphatic hydroxyl groups excluding tert-OH is 1. The molecular formula is C12H9Cl3OS. The van der Waals surface area contributed by atoms with Crippen LogP contribution in [0.2, 0.25) is 15.1 Å². The molecule has 0 spiro atoms. The van der Waals surface area contributed by atoms with Crippen LogP contribution in [0.15, 0.2) is 23.6 Å². The molecule has 0 amide bonds. The first-order valence-corrected chi connectivity index (χ1v) is 6.88. The highest BCUT2D eigenvalue weighted by Crippen LogP contribution is 2.37. The summed E-state index contributed by atoms with van der Waals surface area (Å²) in [5, 5.41) is 13.6. The van der Waals surface area contributed by atoms with Gasteiger partial charge in [-0.15, -0.1) is 11.3 Å². The van der Waals surface area contributed by atoms with E-state index in [1.165, 1.54) is 11.3 Å². The van der Waals surface area contributed by atoms with Gasteiger partial charge >= 0.3 is 0 Å². The van der Waals surface area contributed by atoms with Gasteiger partial charge in [-0.1, -0.05) is 40.9 Å². The number of thiophene rings is 1. The zero-order valence-corrected chi connectivity index (χ0v) is 12.0. The summed E-state index contributed by atoms with van der Waals surface area (Å²) in [5.74, 6) is 0. The highest BCUT2D eigenvalue weighted by molar-refractivity contribution is 7.10.